The Bertz CT molecular complexity index is 1160. The molecule has 2 aromatic carbocycles. The lowest BCUT2D eigenvalue weighted by molar-refractivity contribution is -0.139. The van der Waals surface area contributed by atoms with Crippen molar-refractivity contribution in [3.05, 3.63) is 65.5 Å². The van der Waals surface area contributed by atoms with Gasteiger partial charge in [0.05, 0.1) is 5.69 Å². The molecule has 1 aliphatic carbocycles. The topological polar surface area (TPSA) is 90.0 Å². The first-order chi connectivity index (χ1) is 17.0. The Morgan fingerprint density at radius 1 is 1.06 bits per heavy atom. The maximum Gasteiger partial charge on any atom is 0.304 e. The summed E-state index contributed by atoms with van der Waals surface area (Å²) < 4.78 is 41.7. The Balaban J connectivity index is 1.93. The van der Waals surface area contributed by atoms with Crippen LogP contribution in [0.15, 0.2) is 48.5 Å². The minimum absolute atomic E-state index is 0.0835. The first kappa shape index (κ1) is 27.6. The van der Waals surface area contributed by atoms with Crippen LogP contribution in [0, 0.1) is 12.7 Å². The van der Waals surface area contributed by atoms with Gasteiger partial charge in [0.15, 0.2) is 0 Å². The van der Waals surface area contributed by atoms with E-state index < -0.39 is 34.5 Å². The Morgan fingerprint density at radius 2 is 1.67 bits per heavy atom. The monoisotopic (exact) mass is 518 g/mol. The molecule has 1 saturated carbocycles. The van der Waals surface area contributed by atoms with E-state index in [4.69, 9.17) is 0 Å². The molecule has 3 rings (SSSR count). The van der Waals surface area contributed by atoms with E-state index in [9.17, 15) is 22.4 Å². The van der Waals surface area contributed by atoms with Crippen LogP contribution < -0.4 is 9.62 Å². The summed E-state index contributed by atoms with van der Waals surface area (Å²) in [5.41, 5.74) is 1.96. The van der Waals surface area contributed by atoms with Crippen LogP contribution >= 0.6 is 0 Å². The number of carbonyl (C=O) groups is 2. The van der Waals surface area contributed by atoms with E-state index in [0.717, 1.165) is 57.6 Å². The first-order valence-corrected chi connectivity index (χ1v) is 13.5. The molecular formula is C26H35FN4O4S. The third kappa shape index (κ3) is 6.61. The zero-order valence-corrected chi connectivity index (χ0v) is 22.1. The van der Waals surface area contributed by atoms with E-state index in [-0.39, 0.29) is 24.2 Å². The van der Waals surface area contributed by atoms with Crippen LogP contribution in [0.4, 0.5) is 10.1 Å². The fourth-order valence-corrected chi connectivity index (χ4v) is 5.33. The van der Waals surface area contributed by atoms with Gasteiger partial charge in [0.2, 0.25) is 11.8 Å². The molecule has 1 N–H and O–H groups in total. The van der Waals surface area contributed by atoms with Crippen molar-refractivity contribution in [1.82, 2.24) is 14.5 Å². The average Bonchev–Trinajstić information content (AvgIpc) is 3.35. The Morgan fingerprint density at radius 3 is 2.25 bits per heavy atom. The fraction of sp³-hybridized carbons (Fsp3) is 0.462. The standard InChI is InChI=1S/C26H35FN4O4S/c1-19-9-5-6-10-21(19)17-30(20(2)26(33)28-23-11-7-8-12-23)25(32)18-31(36(34,35)29(3)4)24-15-13-22(27)14-16-24/h5-6,9-10,13-16,20,23H,7-8,11-12,17-18H2,1-4H3,(H,28,33). The third-order valence-corrected chi connectivity index (χ3v) is 8.42. The number of amides is 2. The SMILES string of the molecule is Cc1ccccc1CN(C(=O)CN(c1ccc(F)cc1)S(=O)(=O)N(C)C)C(C)C(=O)NC1CCCC1. The second kappa shape index (κ2) is 11.8. The number of carbonyl (C=O) groups excluding carboxylic acids is 2. The van der Waals surface area contributed by atoms with Crippen molar-refractivity contribution in [2.75, 3.05) is 24.9 Å². The lowest BCUT2D eigenvalue weighted by Crippen LogP contribution is -2.53. The summed E-state index contributed by atoms with van der Waals surface area (Å²) in [5.74, 6) is -1.33. The number of hydrogen-bond donors (Lipinski definition) is 1. The van der Waals surface area contributed by atoms with Crippen LogP contribution in [0.1, 0.15) is 43.7 Å². The van der Waals surface area contributed by atoms with Crippen LogP contribution in [-0.4, -0.2) is 62.2 Å². The molecule has 1 fully saturated rings. The van der Waals surface area contributed by atoms with E-state index in [1.807, 2.05) is 31.2 Å². The summed E-state index contributed by atoms with van der Waals surface area (Å²) in [6, 6.07) is 11.7. The lowest BCUT2D eigenvalue weighted by atomic mass is 10.1. The second-order valence-corrected chi connectivity index (χ2v) is 11.5. The molecule has 0 spiro atoms. The summed E-state index contributed by atoms with van der Waals surface area (Å²) in [6.07, 6.45) is 3.92. The number of aryl methyl sites for hydroxylation is 1. The van der Waals surface area contributed by atoms with Crippen LogP contribution in [0.5, 0.6) is 0 Å². The summed E-state index contributed by atoms with van der Waals surface area (Å²) in [6.45, 7) is 3.18. The van der Waals surface area contributed by atoms with E-state index in [0.29, 0.717) is 0 Å². The zero-order valence-electron chi connectivity index (χ0n) is 21.3. The van der Waals surface area contributed by atoms with Crippen molar-refractivity contribution in [3.8, 4) is 0 Å². The maximum absolute atomic E-state index is 13.7. The highest BCUT2D eigenvalue weighted by Crippen LogP contribution is 2.22. The van der Waals surface area contributed by atoms with Crippen molar-refractivity contribution in [2.45, 2.75) is 58.2 Å². The van der Waals surface area contributed by atoms with Crippen molar-refractivity contribution in [3.63, 3.8) is 0 Å². The minimum atomic E-state index is -4.08. The number of benzene rings is 2. The van der Waals surface area contributed by atoms with Crippen molar-refractivity contribution < 1.29 is 22.4 Å². The third-order valence-electron chi connectivity index (χ3n) is 6.60. The number of hydrogen-bond acceptors (Lipinski definition) is 4. The van der Waals surface area contributed by atoms with Gasteiger partial charge in [0.1, 0.15) is 18.4 Å². The van der Waals surface area contributed by atoms with E-state index in [1.165, 1.54) is 31.1 Å². The molecule has 36 heavy (non-hydrogen) atoms. The van der Waals surface area contributed by atoms with Crippen molar-refractivity contribution in [1.29, 1.82) is 0 Å². The maximum atomic E-state index is 13.7. The molecule has 1 aliphatic rings. The predicted molar refractivity (Wildman–Crippen MR) is 138 cm³/mol. The van der Waals surface area contributed by atoms with Crippen molar-refractivity contribution >= 4 is 27.7 Å². The average molecular weight is 519 g/mol. The van der Waals surface area contributed by atoms with Gasteiger partial charge in [-0.15, -0.1) is 0 Å². The molecule has 0 bridgehead atoms. The highest BCUT2D eigenvalue weighted by atomic mass is 32.2. The smallest absolute Gasteiger partial charge is 0.304 e. The molecule has 0 heterocycles. The van der Waals surface area contributed by atoms with E-state index in [1.54, 1.807) is 6.92 Å². The molecular weight excluding hydrogens is 483 g/mol. The highest BCUT2D eigenvalue weighted by Gasteiger charge is 2.33. The first-order valence-electron chi connectivity index (χ1n) is 12.1. The number of halogens is 1. The number of nitrogens with one attached hydrogen (secondary N) is 1. The van der Waals surface area contributed by atoms with Crippen LogP contribution in [0.3, 0.4) is 0 Å². The molecule has 2 amide bonds. The molecule has 10 heteroatoms. The Hall–Kier alpha value is -2.98. The molecule has 0 saturated heterocycles. The summed E-state index contributed by atoms with van der Waals surface area (Å²) in [5, 5.41) is 3.04. The van der Waals surface area contributed by atoms with Gasteiger partial charge in [-0.05, 0) is 62.1 Å². The van der Waals surface area contributed by atoms with Gasteiger partial charge in [-0.1, -0.05) is 37.1 Å². The van der Waals surface area contributed by atoms with Gasteiger partial charge in [0, 0.05) is 26.7 Å². The van der Waals surface area contributed by atoms with Gasteiger partial charge in [0.25, 0.3) is 0 Å². The Kier molecular flexibility index (Phi) is 9.08. The number of nitrogens with zero attached hydrogens (tertiary/aromatic N) is 3. The van der Waals surface area contributed by atoms with Crippen LogP contribution in [0.2, 0.25) is 0 Å². The fourth-order valence-electron chi connectivity index (χ4n) is 4.27. The largest absolute Gasteiger partial charge is 0.352 e. The van der Waals surface area contributed by atoms with E-state index >= 15 is 0 Å². The Labute approximate surface area is 213 Å². The molecule has 2 aromatic rings. The van der Waals surface area contributed by atoms with Crippen molar-refractivity contribution in [2.24, 2.45) is 0 Å². The molecule has 0 aliphatic heterocycles. The molecule has 8 nitrogen and oxygen atoms in total. The number of rotatable bonds is 10. The molecule has 0 radical (unpaired) electrons. The van der Waals surface area contributed by atoms with E-state index in [2.05, 4.69) is 5.32 Å². The van der Waals surface area contributed by atoms with Gasteiger partial charge < -0.3 is 10.2 Å². The summed E-state index contributed by atoms with van der Waals surface area (Å²) in [4.78, 5) is 28.3. The summed E-state index contributed by atoms with van der Waals surface area (Å²) >= 11 is 0. The molecule has 1 atom stereocenters. The van der Waals surface area contributed by atoms with Gasteiger partial charge in [-0.25, -0.2) is 8.70 Å². The zero-order chi connectivity index (χ0) is 26.5. The normalized spacial score (nSPS) is 15.1. The highest BCUT2D eigenvalue weighted by molar-refractivity contribution is 7.90. The second-order valence-electron chi connectivity index (χ2n) is 9.39. The quantitative estimate of drug-likeness (QED) is 0.523. The predicted octanol–water partition coefficient (Wildman–Crippen LogP) is 3.22. The van der Waals surface area contributed by atoms with Crippen LogP contribution in [-0.2, 0) is 26.3 Å². The van der Waals surface area contributed by atoms with Gasteiger partial charge in [-0.3, -0.25) is 9.59 Å². The van der Waals surface area contributed by atoms with Crippen LogP contribution in [0.25, 0.3) is 0 Å². The van der Waals surface area contributed by atoms with Gasteiger partial charge >= 0.3 is 10.2 Å². The molecule has 196 valence electrons. The molecule has 0 aromatic heterocycles. The lowest BCUT2D eigenvalue weighted by Gasteiger charge is -2.33. The minimum Gasteiger partial charge on any atom is -0.352 e. The van der Waals surface area contributed by atoms with Gasteiger partial charge in [-0.2, -0.15) is 12.7 Å². The summed E-state index contributed by atoms with van der Waals surface area (Å²) in [7, 11) is -1.36. The molecule has 1 unspecified atom stereocenters. The number of anilines is 1.